The molecule has 2 amide bonds. The first kappa shape index (κ1) is 13.0. The molecule has 0 aromatic rings. The van der Waals surface area contributed by atoms with Crippen LogP contribution in [0.4, 0.5) is 0 Å². The first-order chi connectivity index (χ1) is 7.37. The molecule has 5 nitrogen and oxygen atoms in total. The van der Waals surface area contributed by atoms with E-state index in [-0.39, 0.29) is 30.6 Å². The summed E-state index contributed by atoms with van der Waals surface area (Å²) in [4.78, 5) is 22.5. The lowest BCUT2D eigenvalue weighted by Crippen LogP contribution is -2.40. The van der Waals surface area contributed by atoms with Gasteiger partial charge in [-0.25, -0.2) is 0 Å². The van der Waals surface area contributed by atoms with Crippen molar-refractivity contribution in [2.24, 2.45) is 0 Å². The van der Waals surface area contributed by atoms with Crippen molar-refractivity contribution in [1.29, 1.82) is 0 Å². The zero-order valence-electron chi connectivity index (χ0n) is 10.1. The minimum Gasteiger partial charge on any atom is -0.366 e. The van der Waals surface area contributed by atoms with Crippen LogP contribution in [0.25, 0.3) is 0 Å². The van der Waals surface area contributed by atoms with E-state index in [1.165, 1.54) is 0 Å². The van der Waals surface area contributed by atoms with Crippen LogP contribution in [0, 0.1) is 0 Å². The van der Waals surface area contributed by atoms with Crippen molar-refractivity contribution in [3.05, 3.63) is 0 Å². The van der Waals surface area contributed by atoms with Crippen molar-refractivity contribution in [1.82, 2.24) is 10.6 Å². The minimum atomic E-state index is -0.340. The molecule has 0 unspecified atom stereocenters. The van der Waals surface area contributed by atoms with Gasteiger partial charge in [-0.05, 0) is 33.6 Å². The van der Waals surface area contributed by atoms with Gasteiger partial charge in [0.25, 0.3) is 0 Å². The van der Waals surface area contributed by atoms with E-state index in [1.807, 2.05) is 20.8 Å². The Bertz CT molecular complexity index is 267. The molecule has 0 radical (unpaired) electrons. The summed E-state index contributed by atoms with van der Waals surface area (Å²) in [5, 5.41) is 5.30. The van der Waals surface area contributed by atoms with Crippen LogP contribution in [0.5, 0.6) is 0 Å². The van der Waals surface area contributed by atoms with Gasteiger partial charge in [-0.2, -0.15) is 0 Å². The van der Waals surface area contributed by atoms with Gasteiger partial charge in [0.05, 0.1) is 12.1 Å². The van der Waals surface area contributed by atoms with E-state index in [0.29, 0.717) is 6.04 Å². The molecule has 92 valence electrons. The second-order valence-electron chi connectivity index (χ2n) is 5.02. The van der Waals surface area contributed by atoms with Crippen LogP contribution in [0.1, 0.15) is 33.6 Å². The lowest BCUT2D eigenvalue weighted by Gasteiger charge is -2.18. The maximum Gasteiger partial charge on any atom is 0.246 e. The highest BCUT2D eigenvalue weighted by Crippen LogP contribution is 2.18. The Morgan fingerprint density at radius 1 is 1.25 bits per heavy atom. The van der Waals surface area contributed by atoms with Crippen molar-refractivity contribution in [2.45, 2.75) is 45.3 Å². The van der Waals surface area contributed by atoms with E-state index >= 15 is 0 Å². The van der Waals surface area contributed by atoms with Crippen LogP contribution in [-0.2, 0) is 14.3 Å². The second-order valence-corrected chi connectivity index (χ2v) is 5.02. The van der Waals surface area contributed by atoms with Gasteiger partial charge in [-0.3, -0.25) is 9.59 Å². The summed E-state index contributed by atoms with van der Waals surface area (Å²) in [6.45, 7) is 5.64. The zero-order chi connectivity index (χ0) is 12.2. The molecule has 0 aromatic carbocycles. The fourth-order valence-electron chi connectivity index (χ4n) is 1.02. The van der Waals surface area contributed by atoms with Crippen molar-refractivity contribution >= 4 is 11.8 Å². The largest absolute Gasteiger partial charge is 0.366 e. The quantitative estimate of drug-likeness (QED) is 0.706. The average molecular weight is 228 g/mol. The summed E-state index contributed by atoms with van der Waals surface area (Å²) in [7, 11) is 0. The topological polar surface area (TPSA) is 67.4 Å². The lowest BCUT2D eigenvalue weighted by molar-refractivity contribution is -0.132. The van der Waals surface area contributed by atoms with E-state index in [2.05, 4.69) is 10.6 Å². The third-order valence-corrected chi connectivity index (χ3v) is 2.02. The van der Waals surface area contributed by atoms with Crippen molar-refractivity contribution in [3.63, 3.8) is 0 Å². The molecular weight excluding hydrogens is 208 g/mol. The Morgan fingerprint density at radius 3 is 2.38 bits per heavy atom. The fraction of sp³-hybridized carbons (Fsp3) is 0.818. The smallest absolute Gasteiger partial charge is 0.246 e. The zero-order valence-corrected chi connectivity index (χ0v) is 10.1. The normalized spacial score (nSPS) is 15.7. The molecule has 1 aliphatic rings. The molecule has 0 saturated heterocycles. The van der Waals surface area contributed by atoms with Crippen LogP contribution < -0.4 is 10.6 Å². The third kappa shape index (κ3) is 6.40. The Balaban J connectivity index is 2.07. The van der Waals surface area contributed by atoms with E-state index in [1.54, 1.807) is 0 Å². The minimum absolute atomic E-state index is 0.0137. The van der Waals surface area contributed by atoms with Crippen LogP contribution in [0.15, 0.2) is 0 Å². The predicted octanol–water partition coefficient (Wildman–Crippen LogP) is 0.196. The molecule has 0 heterocycles. The molecular formula is C11H20N2O3. The molecule has 0 atom stereocenters. The number of hydrogen-bond acceptors (Lipinski definition) is 3. The van der Waals surface area contributed by atoms with Gasteiger partial charge in [0.1, 0.15) is 6.61 Å². The molecule has 5 heteroatoms. The first-order valence-electron chi connectivity index (χ1n) is 5.57. The summed E-state index contributed by atoms with van der Waals surface area (Å²) in [6.07, 6.45) is 2.10. The molecule has 0 aliphatic heterocycles. The number of carbonyl (C=O) groups excluding carboxylic acids is 2. The fourth-order valence-corrected chi connectivity index (χ4v) is 1.02. The van der Waals surface area contributed by atoms with Gasteiger partial charge in [-0.1, -0.05) is 0 Å². The molecule has 2 N–H and O–H groups in total. The van der Waals surface area contributed by atoms with E-state index < -0.39 is 0 Å². The van der Waals surface area contributed by atoms with Crippen LogP contribution in [0.3, 0.4) is 0 Å². The Labute approximate surface area is 95.9 Å². The molecule has 0 bridgehead atoms. The highest BCUT2D eigenvalue weighted by Gasteiger charge is 2.23. The molecule has 1 rings (SSSR count). The Hall–Kier alpha value is -1.10. The SMILES string of the molecule is CC(C)(C)OCC(=O)NCC(=O)NC1CC1. The van der Waals surface area contributed by atoms with Gasteiger partial charge in [0.2, 0.25) is 11.8 Å². The van der Waals surface area contributed by atoms with Crippen molar-refractivity contribution in [2.75, 3.05) is 13.2 Å². The maximum atomic E-state index is 11.3. The number of rotatable bonds is 5. The summed E-state index contributed by atoms with van der Waals surface area (Å²) >= 11 is 0. The highest BCUT2D eigenvalue weighted by molar-refractivity contribution is 5.85. The average Bonchev–Trinajstić information content (AvgIpc) is 2.94. The highest BCUT2D eigenvalue weighted by atomic mass is 16.5. The number of hydrogen-bond donors (Lipinski definition) is 2. The van der Waals surface area contributed by atoms with Crippen LogP contribution in [0.2, 0.25) is 0 Å². The lowest BCUT2D eigenvalue weighted by atomic mass is 10.2. The Kier molecular flexibility index (Phi) is 4.29. The van der Waals surface area contributed by atoms with Crippen molar-refractivity contribution < 1.29 is 14.3 Å². The molecule has 1 fully saturated rings. The van der Waals surface area contributed by atoms with Gasteiger partial charge < -0.3 is 15.4 Å². The number of carbonyl (C=O) groups is 2. The molecule has 16 heavy (non-hydrogen) atoms. The van der Waals surface area contributed by atoms with Crippen LogP contribution in [-0.4, -0.2) is 36.6 Å². The van der Waals surface area contributed by atoms with Crippen LogP contribution >= 0.6 is 0 Å². The second kappa shape index (κ2) is 5.30. The van der Waals surface area contributed by atoms with Crippen molar-refractivity contribution in [3.8, 4) is 0 Å². The van der Waals surface area contributed by atoms with Gasteiger partial charge >= 0.3 is 0 Å². The molecule has 1 saturated carbocycles. The van der Waals surface area contributed by atoms with Gasteiger partial charge in [0, 0.05) is 6.04 Å². The first-order valence-corrected chi connectivity index (χ1v) is 5.57. The number of nitrogens with one attached hydrogen (secondary N) is 2. The monoisotopic (exact) mass is 228 g/mol. The maximum absolute atomic E-state index is 11.3. The van der Waals surface area contributed by atoms with Gasteiger partial charge in [0.15, 0.2) is 0 Å². The Morgan fingerprint density at radius 2 is 1.88 bits per heavy atom. The summed E-state index contributed by atoms with van der Waals surface area (Å²) in [6, 6.07) is 0.329. The third-order valence-electron chi connectivity index (χ3n) is 2.02. The predicted molar refractivity (Wildman–Crippen MR) is 59.9 cm³/mol. The molecule has 0 aromatic heterocycles. The van der Waals surface area contributed by atoms with E-state index in [4.69, 9.17) is 4.74 Å². The number of ether oxygens (including phenoxy) is 1. The van der Waals surface area contributed by atoms with E-state index in [9.17, 15) is 9.59 Å². The standard InChI is InChI=1S/C11H20N2O3/c1-11(2,3)16-7-10(15)12-6-9(14)13-8-4-5-8/h8H,4-7H2,1-3H3,(H,12,15)(H,13,14). The number of amides is 2. The summed E-state index contributed by atoms with van der Waals surface area (Å²) < 4.78 is 5.27. The summed E-state index contributed by atoms with van der Waals surface area (Å²) in [5.74, 6) is -0.396. The molecule has 0 spiro atoms. The summed E-state index contributed by atoms with van der Waals surface area (Å²) in [5.41, 5.74) is -0.340. The van der Waals surface area contributed by atoms with Gasteiger partial charge in [-0.15, -0.1) is 0 Å². The van der Waals surface area contributed by atoms with E-state index in [0.717, 1.165) is 12.8 Å². The molecule has 1 aliphatic carbocycles.